The SMILES string of the molecule is Cl.O=C(O[C@H]1C[N+]2(Cc3nc4ccccc4o3)CCC1CC2)C1(c2ccccc2)CCCCCC1. The molecule has 4 fully saturated rings. The minimum atomic E-state index is -0.491. The van der Waals surface area contributed by atoms with Gasteiger partial charge in [0.25, 0.3) is 5.89 Å². The Labute approximate surface area is 213 Å². The van der Waals surface area contributed by atoms with E-state index in [4.69, 9.17) is 14.1 Å². The van der Waals surface area contributed by atoms with Crippen molar-refractivity contribution in [3.05, 3.63) is 66.1 Å². The Hall–Kier alpha value is -2.37. The zero-order chi connectivity index (χ0) is 23.0. The lowest BCUT2D eigenvalue weighted by Crippen LogP contribution is -2.64. The third kappa shape index (κ3) is 4.61. The summed E-state index contributed by atoms with van der Waals surface area (Å²) in [6.45, 7) is 3.88. The summed E-state index contributed by atoms with van der Waals surface area (Å²) in [6.07, 6.45) is 8.60. The van der Waals surface area contributed by atoms with E-state index in [1.165, 1.54) is 12.8 Å². The molecule has 6 heteroatoms. The van der Waals surface area contributed by atoms with Gasteiger partial charge in [0, 0.05) is 18.8 Å². The van der Waals surface area contributed by atoms with Crippen LogP contribution in [-0.2, 0) is 21.5 Å². The lowest BCUT2D eigenvalue weighted by Gasteiger charge is -2.51. The molecule has 186 valence electrons. The Kier molecular flexibility index (Phi) is 6.91. The fourth-order valence-corrected chi connectivity index (χ4v) is 6.80. The molecule has 0 spiro atoms. The molecule has 3 aromatic rings. The molecule has 2 bridgehead atoms. The highest BCUT2D eigenvalue weighted by molar-refractivity contribution is 5.85. The number of para-hydroxylation sites is 2. The minimum absolute atomic E-state index is 0. The first-order chi connectivity index (χ1) is 16.7. The second-order valence-electron chi connectivity index (χ2n) is 10.8. The number of halogens is 1. The second kappa shape index (κ2) is 9.94. The predicted molar refractivity (Wildman–Crippen MR) is 138 cm³/mol. The van der Waals surface area contributed by atoms with Gasteiger partial charge in [-0.05, 0) is 30.5 Å². The van der Waals surface area contributed by atoms with Crippen LogP contribution in [0.5, 0.6) is 0 Å². The molecule has 1 saturated carbocycles. The van der Waals surface area contributed by atoms with Gasteiger partial charge in [-0.15, -0.1) is 12.4 Å². The summed E-state index contributed by atoms with van der Waals surface area (Å²) < 4.78 is 13.5. The number of hydrogen-bond acceptors (Lipinski definition) is 4. The van der Waals surface area contributed by atoms with E-state index in [9.17, 15) is 4.79 Å². The molecule has 1 aromatic heterocycles. The van der Waals surface area contributed by atoms with Crippen molar-refractivity contribution in [1.29, 1.82) is 0 Å². The van der Waals surface area contributed by atoms with Crippen LogP contribution in [0.1, 0.15) is 62.8 Å². The maximum Gasteiger partial charge on any atom is 0.317 e. The maximum atomic E-state index is 13.9. The fourth-order valence-electron chi connectivity index (χ4n) is 6.80. The number of hydrogen-bond donors (Lipinski definition) is 0. The third-order valence-electron chi connectivity index (χ3n) is 8.78. The van der Waals surface area contributed by atoms with Crippen molar-refractivity contribution in [2.24, 2.45) is 5.92 Å². The fraction of sp³-hybridized carbons (Fsp3) is 0.517. The number of aromatic nitrogens is 1. The van der Waals surface area contributed by atoms with Crippen LogP contribution in [0.3, 0.4) is 0 Å². The molecule has 3 saturated heterocycles. The third-order valence-corrected chi connectivity index (χ3v) is 8.78. The van der Waals surface area contributed by atoms with E-state index in [1.54, 1.807) is 0 Å². The van der Waals surface area contributed by atoms with Crippen molar-refractivity contribution >= 4 is 29.5 Å². The molecule has 0 amide bonds. The lowest BCUT2D eigenvalue weighted by molar-refractivity contribution is -0.959. The van der Waals surface area contributed by atoms with Crippen molar-refractivity contribution in [1.82, 2.24) is 4.98 Å². The van der Waals surface area contributed by atoms with Gasteiger partial charge in [0.1, 0.15) is 12.1 Å². The number of carbonyl (C=O) groups is 1. The molecule has 1 atom stereocenters. The summed E-state index contributed by atoms with van der Waals surface area (Å²) in [6, 6.07) is 18.4. The van der Waals surface area contributed by atoms with Crippen LogP contribution < -0.4 is 0 Å². The Morgan fingerprint density at radius 1 is 0.971 bits per heavy atom. The highest BCUT2D eigenvalue weighted by Crippen LogP contribution is 2.42. The van der Waals surface area contributed by atoms with E-state index in [0.717, 1.165) is 91.7 Å². The average molecular weight is 496 g/mol. The molecule has 1 aliphatic carbocycles. The standard InChI is InChI=1S/C29H35N2O3.ClH/c32-28(29(16-8-1-2-9-17-29)23-10-4-3-5-11-23)34-26-20-31(18-14-22(26)15-19-31)21-27-30-24-12-6-7-13-25(24)33-27;/h3-7,10-13,22,26H,1-2,8-9,14-21H2;1H/q+1;/t22?,26-,31?;/m0./s1. The van der Waals surface area contributed by atoms with Gasteiger partial charge in [0.05, 0.1) is 18.5 Å². The zero-order valence-corrected chi connectivity index (χ0v) is 21.2. The zero-order valence-electron chi connectivity index (χ0n) is 20.4. The van der Waals surface area contributed by atoms with E-state index < -0.39 is 5.41 Å². The summed E-state index contributed by atoms with van der Waals surface area (Å²) in [4.78, 5) is 18.7. The molecule has 0 radical (unpaired) electrons. The Morgan fingerprint density at radius 2 is 1.66 bits per heavy atom. The molecule has 0 N–H and O–H groups in total. The van der Waals surface area contributed by atoms with Gasteiger partial charge in [-0.25, -0.2) is 4.98 Å². The molecular formula is C29H36ClN2O3+. The summed E-state index contributed by atoms with van der Waals surface area (Å²) in [5.41, 5.74) is 2.42. The lowest BCUT2D eigenvalue weighted by atomic mass is 9.74. The second-order valence-corrected chi connectivity index (χ2v) is 10.8. The number of benzene rings is 2. The van der Waals surface area contributed by atoms with E-state index in [0.29, 0.717) is 5.92 Å². The van der Waals surface area contributed by atoms with Gasteiger partial charge in [-0.3, -0.25) is 4.79 Å². The Bertz CT molecular complexity index is 1110. The van der Waals surface area contributed by atoms with Gasteiger partial charge < -0.3 is 13.6 Å². The molecule has 7 rings (SSSR count). The number of piperidine rings is 3. The van der Waals surface area contributed by atoms with Crippen LogP contribution in [-0.4, -0.2) is 41.2 Å². The Balaban J connectivity index is 0.00000253. The van der Waals surface area contributed by atoms with Crippen LogP contribution in [0.2, 0.25) is 0 Å². The van der Waals surface area contributed by atoms with Crippen molar-refractivity contribution in [2.75, 3.05) is 19.6 Å². The van der Waals surface area contributed by atoms with Crippen molar-refractivity contribution in [2.45, 2.75) is 69.4 Å². The van der Waals surface area contributed by atoms with Crippen molar-refractivity contribution in [3.63, 3.8) is 0 Å². The molecule has 0 unspecified atom stereocenters. The van der Waals surface area contributed by atoms with Gasteiger partial charge in [-0.1, -0.05) is 68.1 Å². The molecule has 3 aliphatic heterocycles. The largest absolute Gasteiger partial charge is 0.455 e. The van der Waals surface area contributed by atoms with E-state index in [1.807, 2.05) is 30.3 Å². The summed E-state index contributed by atoms with van der Waals surface area (Å²) in [7, 11) is 0. The van der Waals surface area contributed by atoms with Gasteiger partial charge in [0.15, 0.2) is 18.2 Å². The molecule has 4 aliphatic rings. The van der Waals surface area contributed by atoms with E-state index >= 15 is 0 Å². The monoisotopic (exact) mass is 495 g/mol. The average Bonchev–Trinajstić information content (AvgIpc) is 3.10. The molecular weight excluding hydrogens is 460 g/mol. The predicted octanol–water partition coefficient (Wildman–Crippen LogP) is 6.19. The number of ether oxygens (including phenoxy) is 1. The number of esters is 1. The maximum absolute atomic E-state index is 13.9. The number of rotatable bonds is 5. The van der Waals surface area contributed by atoms with Crippen LogP contribution in [0.15, 0.2) is 59.0 Å². The number of fused-ring (bicyclic) bond motifs is 4. The van der Waals surface area contributed by atoms with E-state index in [-0.39, 0.29) is 24.5 Å². The summed E-state index contributed by atoms with van der Waals surface area (Å²) in [5, 5.41) is 0. The normalized spacial score (nSPS) is 27.7. The first kappa shape index (κ1) is 24.3. The minimum Gasteiger partial charge on any atom is -0.455 e. The quantitative estimate of drug-likeness (QED) is 0.240. The summed E-state index contributed by atoms with van der Waals surface area (Å²) in [5.74, 6) is 1.29. The first-order valence-electron chi connectivity index (χ1n) is 13.1. The molecule has 5 nitrogen and oxygen atoms in total. The van der Waals surface area contributed by atoms with Crippen LogP contribution in [0.4, 0.5) is 0 Å². The Morgan fingerprint density at radius 3 is 2.37 bits per heavy atom. The van der Waals surface area contributed by atoms with Crippen LogP contribution in [0, 0.1) is 5.92 Å². The highest BCUT2D eigenvalue weighted by Gasteiger charge is 2.50. The van der Waals surface area contributed by atoms with Crippen molar-refractivity contribution < 1.29 is 18.4 Å². The number of carbonyl (C=O) groups excluding carboxylic acids is 1. The molecule has 35 heavy (non-hydrogen) atoms. The molecule has 2 aromatic carbocycles. The molecule has 4 heterocycles. The van der Waals surface area contributed by atoms with E-state index in [2.05, 4.69) is 24.3 Å². The van der Waals surface area contributed by atoms with Crippen LogP contribution >= 0.6 is 12.4 Å². The topological polar surface area (TPSA) is 52.3 Å². The summed E-state index contributed by atoms with van der Waals surface area (Å²) >= 11 is 0. The number of nitrogens with zero attached hydrogens (tertiary/aromatic N) is 2. The number of quaternary nitrogens is 1. The number of oxazole rings is 1. The van der Waals surface area contributed by atoms with Gasteiger partial charge in [0.2, 0.25) is 0 Å². The van der Waals surface area contributed by atoms with Crippen molar-refractivity contribution in [3.8, 4) is 0 Å². The van der Waals surface area contributed by atoms with Gasteiger partial charge in [-0.2, -0.15) is 0 Å². The highest BCUT2D eigenvalue weighted by atomic mass is 35.5. The smallest absolute Gasteiger partial charge is 0.317 e. The van der Waals surface area contributed by atoms with Gasteiger partial charge >= 0.3 is 5.97 Å². The first-order valence-corrected chi connectivity index (χ1v) is 13.1. The van der Waals surface area contributed by atoms with Crippen LogP contribution in [0.25, 0.3) is 11.1 Å².